The van der Waals surface area contributed by atoms with Crippen molar-refractivity contribution in [2.75, 3.05) is 12.4 Å². The summed E-state index contributed by atoms with van der Waals surface area (Å²) in [4.78, 5) is 11.7. The zero-order chi connectivity index (χ0) is 13.0. The predicted molar refractivity (Wildman–Crippen MR) is 74.1 cm³/mol. The minimum Gasteiger partial charge on any atom is -0.337 e. The monoisotopic (exact) mass is 266 g/mol. The van der Waals surface area contributed by atoms with Gasteiger partial charge in [-0.05, 0) is 29.9 Å². The van der Waals surface area contributed by atoms with Crippen LogP contribution in [-0.4, -0.2) is 18.5 Å². The summed E-state index contributed by atoms with van der Waals surface area (Å²) in [6.07, 6.45) is 2.10. The number of rotatable bonds is 3. The van der Waals surface area contributed by atoms with Crippen molar-refractivity contribution in [1.29, 1.82) is 0 Å². The summed E-state index contributed by atoms with van der Waals surface area (Å²) in [7, 11) is 0. The number of urea groups is 1. The number of amides is 2. The zero-order valence-corrected chi connectivity index (χ0v) is 11.3. The van der Waals surface area contributed by atoms with E-state index in [1.165, 1.54) is 11.1 Å². The highest BCUT2D eigenvalue weighted by atomic mass is 35.5. The highest BCUT2D eigenvalue weighted by molar-refractivity contribution is 6.18. The quantitative estimate of drug-likeness (QED) is 0.811. The Kier molecular flexibility index (Phi) is 4.48. The van der Waals surface area contributed by atoms with Crippen molar-refractivity contribution in [1.82, 2.24) is 10.6 Å². The van der Waals surface area contributed by atoms with E-state index in [2.05, 4.69) is 35.8 Å². The SMILES string of the molecule is C[C@@H]1CC[C@H](NC(=O)NCCCl)c2ccccc21. The second-order valence-electron chi connectivity index (χ2n) is 4.75. The minimum absolute atomic E-state index is 0.118. The van der Waals surface area contributed by atoms with Crippen LogP contribution < -0.4 is 10.6 Å². The fraction of sp³-hybridized carbons (Fsp3) is 0.500. The summed E-state index contributed by atoms with van der Waals surface area (Å²) in [6, 6.07) is 8.34. The molecule has 1 aromatic carbocycles. The third-order valence-electron chi connectivity index (χ3n) is 3.48. The van der Waals surface area contributed by atoms with Crippen LogP contribution in [0.25, 0.3) is 0 Å². The summed E-state index contributed by atoms with van der Waals surface area (Å²) < 4.78 is 0. The van der Waals surface area contributed by atoms with E-state index >= 15 is 0 Å². The van der Waals surface area contributed by atoms with Gasteiger partial charge in [-0.3, -0.25) is 0 Å². The number of benzene rings is 1. The first kappa shape index (κ1) is 13.2. The number of alkyl halides is 1. The molecule has 1 aliphatic rings. The lowest BCUT2D eigenvalue weighted by molar-refractivity contribution is 0.235. The molecule has 1 aromatic rings. The van der Waals surface area contributed by atoms with Crippen LogP contribution in [0.3, 0.4) is 0 Å². The van der Waals surface area contributed by atoms with Crippen molar-refractivity contribution in [2.24, 2.45) is 0 Å². The Morgan fingerprint density at radius 2 is 2.06 bits per heavy atom. The van der Waals surface area contributed by atoms with Gasteiger partial charge >= 0.3 is 6.03 Å². The van der Waals surface area contributed by atoms with Gasteiger partial charge in [0.2, 0.25) is 0 Å². The molecule has 98 valence electrons. The van der Waals surface area contributed by atoms with Crippen LogP contribution >= 0.6 is 11.6 Å². The van der Waals surface area contributed by atoms with E-state index in [1.807, 2.05) is 6.07 Å². The molecule has 0 saturated heterocycles. The molecule has 0 unspecified atom stereocenters. The summed E-state index contributed by atoms with van der Waals surface area (Å²) in [5.74, 6) is 1.01. The number of nitrogens with one attached hydrogen (secondary N) is 2. The molecule has 0 radical (unpaired) electrons. The predicted octanol–water partition coefficient (Wildman–Crippen LogP) is 3.16. The van der Waals surface area contributed by atoms with Gasteiger partial charge in [0, 0.05) is 12.4 Å². The molecule has 0 fully saturated rings. The average molecular weight is 267 g/mol. The molecular formula is C14H19ClN2O. The van der Waals surface area contributed by atoms with Crippen molar-refractivity contribution in [3.63, 3.8) is 0 Å². The third-order valence-corrected chi connectivity index (χ3v) is 3.67. The van der Waals surface area contributed by atoms with Crippen LogP contribution in [0.4, 0.5) is 4.79 Å². The number of halogens is 1. The van der Waals surface area contributed by atoms with E-state index < -0.39 is 0 Å². The Morgan fingerprint density at radius 3 is 2.78 bits per heavy atom. The summed E-state index contributed by atoms with van der Waals surface area (Å²) in [5.41, 5.74) is 2.60. The van der Waals surface area contributed by atoms with E-state index in [0.717, 1.165) is 12.8 Å². The van der Waals surface area contributed by atoms with Crippen LogP contribution in [0.15, 0.2) is 24.3 Å². The summed E-state index contributed by atoms with van der Waals surface area (Å²) >= 11 is 5.55. The van der Waals surface area contributed by atoms with Crippen LogP contribution in [0.5, 0.6) is 0 Å². The highest BCUT2D eigenvalue weighted by Gasteiger charge is 2.25. The molecule has 2 N–H and O–H groups in total. The van der Waals surface area contributed by atoms with Crippen molar-refractivity contribution in [2.45, 2.75) is 31.7 Å². The van der Waals surface area contributed by atoms with Crippen molar-refractivity contribution < 1.29 is 4.79 Å². The molecule has 0 saturated carbocycles. The second-order valence-corrected chi connectivity index (χ2v) is 5.13. The molecule has 0 spiro atoms. The van der Waals surface area contributed by atoms with Gasteiger partial charge in [0.05, 0.1) is 6.04 Å². The molecule has 0 bridgehead atoms. The first-order chi connectivity index (χ1) is 8.72. The molecule has 2 rings (SSSR count). The molecule has 2 amide bonds. The third kappa shape index (κ3) is 2.96. The largest absolute Gasteiger partial charge is 0.337 e. The van der Waals surface area contributed by atoms with Gasteiger partial charge in [-0.25, -0.2) is 4.79 Å². The molecule has 0 heterocycles. The molecule has 1 aliphatic carbocycles. The topological polar surface area (TPSA) is 41.1 Å². The maximum absolute atomic E-state index is 11.7. The molecule has 18 heavy (non-hydrogen) atoms. The lowest BCUT2D eigenvalue weighted by Crippen LogP contribution is -2.40. The van der Waals surface area contributed by atoms with Crippen LogP contribution in [0.1, 0.15) is 42.9 Å². The smallest absolute Gasteiger partial charge is 0.315 e. The number of carbonyl (C=O) groups excluding carboxylic acids is 1. The van der Waals surface area contributed by atoms with Crippen molar-refractivity contribution in [3.8, 4) is 0 Å². The fourth-order valence-electron chi connectivity index (χ4n) is 2.52. The van der Waals surface area contributed by atoms with E-state index in [-0.39, 0.29) is 12.1 Å². The maximum Gasteiger partial charge on any atom is 0.315 e. The van der Waals surface area contributed by atoms with Crippen LogP contribution in [-0.2, 0) is 0 Å². The van der Waals surface area contributed by atoms with Gasteiger partial charge in [-0.15, -0.1) is 11.6 Å². The van der Waals surface area contributed by atoms with Crippen LogP contribution in [0, 0.1) is 0 Å². The Balaban J connectivity index is 2.07. The Hall–Kier alpha value is -1.22. The summed E-state index contributed by atoms with van der Waals surface area (Å²) in [5, 5.41) is 5.76. The van der Waals surface area contributed by atoms with Crippen LogP contribution in [0.2, 0.25) is 0 Å². The maximum atomic E-state index is 11.7. The second kappa shape index (κ2) is 6.10. The standard InChI is InChI=1S/C14H19ClN2O/c1-10-6-7-13(17-14(18)16-9-8-15)12-5-3-2-4-11(10)12/h2-5,10,13H,6-9H2,1H3,(H2,16,17,18)/t10-,13+/m1/s1. The molecular weight excluding hydrogens is 248 g/mol. The molecule has 0 aromatic heterocycles. The van der Waals surface area contributed by atoms with Gasteiger partial charge in [0.25, 0.3) is 0 Å². The Morgan fingerprint density at radius 1 is 1.33 bits per heavy atom. The van der Waals surface area contributed by atoms with Crippen molar-refractivity contribution in [3.05, 3.63) is 35.4 Å². The highest BCUT2D eigenvalue weighted by Crippen LogP contribution is 2.36. The van der Waals surface area contributed by atoms with Gasteiger partial charge in [-0.2, -0.15) is 0 Å². The first-order valence-electron chi connectivity index (χ1n) is 6.41. The molecule has 4 heteroatoms. The normalized spacial score (nSPS) is 22.1. The number of carbonyl (C=O) groups is 1. The van der Waals surface area contributed by atoms with Gasteiger partial charge in [0.15, 0.2) is 0 Å². The van der Waals surface area contributed by atoms with Gasteiger partial charge in [0.1, 0.15) is 0 Å². The average Bonchev–Trinajstić information content (AvgIpc) is 2.40. The number of hydrogen-bond acceptors (Lipinski definition) is 1. The lowest BCUT2D eigenvalue weighted by Gasteiger charge is -2.30. The minimum atomic E-state index is -0.134. The van der Waals surface area contributed by atoms with E-state index in [1.54, 1.807) is 0 Å². The van der Waals surface area contributed by atoms with E-state index in [0.29, 0.717) is 18.3 Å². The fourth-order valence-corrected chi connectivity index (χ4v) is 2.62. The lowest BCUT2D eigenvalue weighted by atomic mass is 9.81. The molecule has 0 aliphatic heterocycles. The molecule has 3 nitrogen and oxygen atoms in total. The zero-order valence-electron chi connectivity index (χ0n) is 10.6. The van der Waals surface area contributed by atoms with Gasteiger partial charge < -0.3 is 10.6 Å². The van der Waals surface area contributed by atoms with E-state index in [9.17, 15) is 4.79 Å². The summed E-state index contributed by atoms with van der Waals surface area (Å²) in [6.45, 7) is 2.74. The van der Waals surface area contributed by atoms with E-state index in [4.69, 9.17) is 11.6 Å². The molecule has 2 atom stereocenters. The number of hydrogen-bond donors (Lipinski definition) is 2. The Labute approximate surface area is 113 Å². The first-order valence-corrected chi connectivity index (χ1v) is 6.95. The van der Waals surface area contributed by atoms with Crippen molar-refractivity contribution >= 4 is 17.6 Å². The van der Waals surface area contributed by atoms with Gasteiger partial charge in [-0.1, -0.05) is 31.2 Å². The number of fused-ring (bicyclic) bond motifs is 1. The Bertz CT molecular complexity index is 422.